The smallest absolute Gasteiger partial charge is 0.331 e. The van der Waals surface area contributed by atoms with E-state index < -0.39 is 33.0 Å². The van der Waals surface area contributed by atoms with Gasteiger partial charge in [0, 0.05) is 26.4 Å². The number of benzene rings is 1. The topological polar surface area (TPSA) is 107 Å². The second kappa shape index (κ2) is 6.67. The zero-order valence-electron chi connectivity index (χ0n) is 14.3. The molecule has 2 aromatic rings. The second-order valence-corrected chi connectivity index (χ2v) is 7.82. The van der Waals surface area contributed by atoms with Crippen molar-refractivity contribution in [2.24, 2.45) is 14.1 Å². The summed E-state index contributed by atoms with van der Waals surface area (Å²) in [6.07, 6.45) is 1.11. The Hall–Kier alpha value is -2.68. The highest BCUT2D eigenvalue weighted by Crippen LogP contribution is 2.16. The summed E-state index contributed by atoms with van der Waals surface area (Å²) in [5, 5.41) is 2.69. The third-order valence-electron chi connectivity index (χ3n) is 3.91. The Morgan fingerprint density at radius 1 is 1.08 bits per heavy atom. The van der Waals surface area contributed by atoms with E-state index in [1.165, 1.54) is 26.2 Å². The van der Waals surface area contributed by atoms with Crippen molar-refractivity contribution >= 4 is 15.7 Å². The minimum atomic E-state index is -3.29. The van der Waals surface area contributed by atoms with E-state index in [1.54, 1.807) is 19.1 Å². The van der Waals surface area contributed by atoms with Gasteiger partial charge in [0.1, 0.15) is 5.69 Å². The first-order chi connectivity index (χ1) is 11.5. The number of hydrogen-bond acceptors (Lipinski definition) is 5. The quantitative estimate of drug-likeness (QED) is 0.819. The Bertz CT molecular complexity index is 1030. The van der Waals surface area contributed by atoms with Gasteiger partial charge < -0.3 is 5.32 Å². The number of carbonyl (C=O) groups is 1. The lowest BCUT2D eigenvalue weighted by atomic mass is 10.1. The van der Waals surface area contributed by atoms with Gasteiger partial charge in [-0.15, -0.1) is 0 Å². The number of sulfone groups is 1. The molecule has 0 saturated carbocycles. The Morgan fingerprint density at radius 2 is 1.64 bits per heavy atom. The van der Waals surface area contributed by atoms with Crippen LogP contribution in [0.4, 0.5) is 0 Å². The molecular weight excluding hydrogens is 346 g/mol. The third kappa shape index (κ3) is 3.87. The fourth-order valence-electron chi connectivity index (χ4n) is 2.31. The van der Waals surface area contributed by atoms with Crippen molar-refractivity contribution in [3.63, 3.8) is 0 Å². The van der Waals surface area contributed by atoms with Crippen molar-refractivity contribution in [2.45, 2.75) is 17.9 Å². The van der Waals surface area contributed by atoms with E-state index in [1.807, 2.05) is 0 Å². The van der Waals surface area contributed by atoms with Gasteiger partial charge in [-0.25, -0.2) is 13.2 Å². The number of amides is 1. The van der Waals surface area contributed by atoms with Crippen molar-refractivity contribution in [3.8, 4) is 0 Å². The van der Waals surface area contributed by atoms with Gasteiger partial charge in [-0.2, -0.15) is 0 Å². The minimum absolute atomic E-state index is 0.0484. The summed E-state index contributed by atoms with van der Waals surface area (Å²) in [6.45, 7) is 1.71. The molecule has 1 heterocycles. The van der Waals surface area contributed by atoms with Gasteiger partial charge >= 0.3 is 5.69 Å². The molecule has 0 fully saturated rings. The average Bonchev–Trinajstić information content (AvgIpc) is 2.55. The molecule has 1 aromatic carbocycles. The molecule has 1 N–H and O–H groups in total. The maximum atomic E-state index is 12.4. The molecule has 0 radical (unpaired) electrons. The van der Waals surface area contributed by atoms with Gasteiger partial charge in [0.15, 0.2) is 9.84 Å². The summed E-state index contributed by atoms with van der Waals surface area (Å²) in [5.74, 6) is -0.572. The Balaban J connectivity index is 2.27. The van der Waals surface area contributed by atoms with Crippen LogP contribution in [0.1, 0.15) is 29.0 Å². The first-order valence-electron chi connectivity index (χ1n) is 7.40. The lowest BCUT2D eigenvalue weighted by Gasteiger charge is -2.16. The largest absolute Gasteiger partial charge is 0.344 e. The van der Waals surface area contributed by atoms with Crippen molar-refractivity contribution in [1.29, 1.82) is 0 Å². The van der Waals surface area contributed by atoms with Crippen LogP contribution in [0.25, 0.3) is 0 Å². The highest BCUT2D eigenvalue weighted by molar-refractivity contribution is 7.90. The molecule has 0 aliphatic heterocycles. The molecule has 134 valence electrons. The second-order valence-electron chi connectivity index (χ2n) is 5.80. The van der Waals surface area contributed by atoms with E-state index in [0.29, 0.717) is 5.56 Å². The van der Waals surface area contributed by atoms with Crippen LogP contribution in [0, 0.1) is 0 Å². The van der Waals surface area contributed by atoms with Gasteiger partial charge in [-0.05, 0) is 24.6 Å². The molecule has 0 spiro atoms. The summed E-state index contributed by atoms with van der Waals surface area (Å²) in [6, 6.07) is 6.77. The van der Waals surface area contributed by atoms with E-state index in [2.05, 4.69) is 5.32 Å². The lowest BCUT2D eigenvalue weighted by molar-refractivity contribution is 0.0929. The highest BCUT2D eigenvalue weighted by Gasteiger charge is 2.17. The zero-order chi connectivity index (χ0) is 18.9. The number of hydrogen-bond donors (Lipinski definition) is 1. The predicted molar refractivity (Wildman–Crippen MR) is 92.4 cm³/mol. The van der Waals surface area contributed by atoms with E-state index in [-0.39, 0.29) is 10.6 Å². The number of rotatable bonds is 4. The first kappa shape index (κ1) is 18.7. The van der Waals surface area contributed by atoms with Crippen LogP contribution >= 0.6 is 0 Å². The number of nitrogens with zero attached hydrogens (tertiary/aromatic N) is 2. The summed E-state index contributed by atoms with van der Waals surface area (Å²) in [5.41, 5.74) is -0.525. The van der Waals surface area contributed by atoms with Crippen LogP contribution in [0.3, 0.4) is 0 Å². The third-order valence-corrected chi connectivity index (χ3v) is 5.04. The predicted octanol–water partition coefficient (Wildman–Crippen LogP) is -0.0215. The highest BCUT2D eigenvalue weighted by atomic mass is 32.2. The normalized spacial score (nSPS) is 12.6. The van der Waals surface area contributed by atoms with Gasteiger partial charge in [0.2, 0.25) is 0 Å². The molecule has 2 rings (SSSR count). The lowest BCUT2D eigenvalue weighted by Crippen LogP contribution is -2.41. The van der Waals surface area contributed by atoms with Crippen molar-refractivity contribution < 1.29 is 13.2 Å². The fourth-order valence-corrected chi connectivity index (χ4v) is 2.94. The van der Waals surface area contributed by atoms with Gasteiger partial charge in [0.25, 0.3) is 11.5 Å². The molecule has 8 nitrogen and oxygen atoms in total. The van der Waals surface area contributed by atoms with Crippen molar-refractivity contribution in [2.75, 3.05) is 6.26 Å². The molecule has 1 amide bonds. The first-order valence-corrected chi connectivity index (χ1v) is 9.29. The molecule has 1 atom stereocenters. The standard InChI is InChI=1S/C16H19N3O5S/c1-10(11-5-7-12(8-6-11)25(4,23)24)17-15(21)13-9-14(20)19(3)16(22)18(13)2/h5-10H,1-4H3,(H,17,21)/t10-/m0/s1. The number of nitrogens with one attached hydrogen (secondary N) is 1. The van der Waals surface area contributed by atoms with Crippen LogP contribution in [0.15, 0.2) is 44.8 Å². The molecule has 0 unspecified atom stereocenters. The zero-order valence-corrected chi connectivity index (χ0v) is 15.1. The molecule has 9 heteroatoms. The molecule has 0 aliphatic rings. The van der Waals surface area contributed by atoms with Crippen LogP contribution in [-0.4, -0.2) is 29.7 Å². The van der Waals surface area contributed by atoms with Crippen molar-refractivity contribution in [1.82, 2.24) is 14.5 Å². The number of aromatic nitrogens is 2. The molecule has 1 aromatic heterocycles. The van der Waals surface area contributed by atoms with Gasteiger partial charge in [0.05, 0.1) is 10.9 Å². The molecule has 0 bridgehead atoms. The van der Waals surface area contributed by atoms with E-state index >= 15 is 0 Å². The summed E-state index contributed by atoms with van der Waals surface area (Å²) in [7, 11) is -0.556. The minimum Gasteiger partial charge on any atom is -0.344 e. The van der Waals surface area contributed by atoms with Crippen LogP contribution in [0.5, 0.6) is 0 Å². The van der Waals surface area contributed by atoms with Gasteiger partial charge in [-0.1, -0.05) is 12.1 Å². The van der Waals surface area contributed by atoms with Crippen LogP contribution < -0.4 is 16.6 Å². The fraction of sp³-hybridized carbons (Fsp3) is 0.312. The van der Waals surface area contributed by atoms with Crippen LogP contribution in [0.2, 0.25) is 0 Å². The van der Waals surface area contributed by atoms with E-state index in [4.69, 9.17) is 0 Å². The monoisotopic (exact) mass is 365 g/mol. The SMILES string of the molecule is C[C@H](NC(=O)c1cc(=O)n(C)c(=O)n1C)c1ccc(S(C)(=O)=O)cc1. The summed E-state index contributed by atoms with van der Waals surface area (Å²) < 4.78 is 24.9. The average molecular weight is 365 g/mol. The molecular formula is C16H19N3O5S. The molecule has 0 saturated heterocycles. The Morgan fingerprint density at radius 3 is 2.16 bits per heavy atom. The molecule has 25 heavy (non-hydrogen) atoms. The maximum absolute atomic E-state index is 12.4. The summed E-state index contributed by atoms with van der Waals surface area (Å²) in [4.78, 5) is 36.2. The van der Waals surface area contributed by atoms with E-state index in [0.717, 1.165) is 21.5 Å². The van der Waals surface area contributed by atoms with Gasteiger partial charge in [-0.3, -0.25) is 18.7 Å². The maximum Gasteiger partial charge on any atom is 0.331 e. The van der Waals surface area contributed by atoms with Crippen LogP contribution in [-0.2, 0) is 23.9 Å². The Labute approximate surface area is 144 Å². The van der Waals surface area contributed by atoms with Crippen molar-refractivity contribution in [3.05, 3.63) is 62.4 Å². The summed E-state index contributed by atoms with van der Waals surface area (Å²) >= 11 is 0. The Kier molecular flexibility index (Phi) is 4.98. The molecule has 0 aliphatic carbocycles. The van der Waals surface area contributed by atoms with E-state index in [9.17, 15) is 22.8 Å². The number of carbonyl (C=O) groups excluding carboxylic acids is 1.